The summed E-state index contributed by atoms with van der Waals surface area (Å²) in [6.45, 7) is 3.38. The number of para-hydroxylation sites is 1. The van der Waals surface area contributed by atoms with Gasteiger partial charge in [-0.05, 0) is 30.0 Å². The molecular formula is C20H22N4O2S. The molecule has 3 aromatic rings. The zero-order chi connectivity index (χ0) is 18.5. The minimum atomic E-state index is 0.153. The average molecular weight is 382 g/mol. The molecule has 1 saturated heterocycles. The van der Waals surface area contributed by atoms with Gasteiger partial charge in [0.25, 0.3) is 0 Å². The van der Waals surface area contributed by atoms with Crippen LogP contribution in [0.4, 0.5) is 5.69 Å². The first kappa shape index (κ1) is 17.7. The van der Waals surface area contributed by atoms with Crippen molar-refractivity contribution in [2.45, 2.75) is 19.3 Å². The van der Waals surface area contributed by atoms with Crippen molar-refractivity contribution in [3.8, 4) is 11.5 Å². The number of aromatic nitrogens is 2. The lowest BCUT2D eigenvalue weighted by molar-refractivity contribution is -0.131. The lowest BCUT2D eigenvalue weighted by atomic mass is 10.2. The predicted molar refractivity (Wildman–Crippen MR) is 106 cm³/mol. The van der Waals surface area contributed by atoms with Gasteiger partial charge in [-0.1, -0.05) is 18.2 Å². The van der Waals surface area contributed by atoms with Crippen LogP contribution < -0.4 is 4.90 Å². The first-order valence-corrected chi connectivity index (χ1v) is 10.2. The average Bonchev–Trinajstić information content (AvgIpc) is 3.34. The first-order chi connectivity index (χ1) is 13.3. The fraction of sp³-hybridized carbons (Fsp3) is 0.350. The van der Waals surface area contributed by atoms with E-state index in [2.05, 4.69) is 39.4 Å². The molecule has 2 aromatic heterocycles. The highest BCUT2D eigenvalue weighted by Gasteiger charge is 2.20. The standard InChI is InChI=1S/C20H22N4O2S/c25-19(8-7-18-21-22-20(26-18)16-9-14-27-15-16)24-11-4-10-23(12-13-24)17-5-2-1-3-6-17/h1-3,5-6,9,14-15H,4,7-8,10-13H2. The summed E-state index contributed by atoms with van der Waals surface area (Å²) in [4.78, 5) is 16.9. The van der Waals surface area contributed by atoms with Gasteiger partial charge in [0.1, 0.15) is 0 Å². The van der Waals surface area contributed by atoms with Crippen molar-refractivity contribution in [2.75, 3.05) is 31.1 Å². The molecular weight excluding hydrogens is 360 g/mol. The van der Waals surface area contributed by atoms with E-state index in [1.165, 1.54) is 5.69 Å². The van der Waals surface area contributed by atoms with Gasteiger partial charge in [0.05, 0.1) is 0 Å². The van der Waals surface area contributed by atoms with E-state index in [9.17, 15) is 4.79 Å². The lowest BCUT2D eigenvalue weighted by Crippen LogP contribution is -2.35. The van der Waals surface area contributed by atoms with Crippen LogP contribution in [0.1, 0.15) is 18.7 Å². The van der Waals surface area contributed by atoms with Crippen molar-refractivity contribution < 1.29 is 9.21 Å². The quantitative estimate of drug-likeness (QED) is 0.676. The van der Waals surface area contributed by atoms with Crippen molar-refractivity contribution in [1.29, 1.82) is 0 Å². The summed E-state index contributed by atoms with van der Waals surface area (Å²) in [6, 6.07) is 12.3. The molecule has 3 heterocycles. The van der Waals surface area contributed by atoms with Gasteiger partial charge < -0.3 is 14.2 Å². The molecule has 1 fully saturated rings. The van der Waals surface area contributed by atoms with E-state index in [1.807, 2.05) is 27.8 Å². The number of hydrogen-bond acceptors (Lipinski definition) is 6. The van der Waals surface area contributed by atoms with E-state index in [4.69, 9.17) is 4.42 Å². The van der Waals surface area contributed by atoms with Gasteiger partial charge in [0.15, 0.2) is 0 Å². The van der Waals surface area contributed by atoms with Gasteiger partial charge >= 0.3 is 0 Å². The highest BCUT2D eigenvalue weighted by atomic mass is 32.1. The molecule has 1 aliphatic rings. The number of rotatable bonds is 5. The van der Waals surface area contributed by atoms with Crippen molar-refractivity contribution in [3.63, 3.8) is 0 Å². The zero-order valence-electron chi connectivity index (χ0n) is 15.1. The number of nitrogens with zero attached hydrogens (tertiary/aromatic N) is 4. The van der Waals surface area contributed by atoms with E-state index in [-0.39, 0.29) is 5.91 Å². The number of aryl methyl sites for hydroxylation is 1. The molecule has 0 bridgehead atoms. The fourth-order valence-corrected chi connectivity index (χ4v) is 3.92. The van der Waals surface area contributed by atoms with Gasteiger partial charge in [0, 0.05) is 55.7 Å². The van der Waals surface area contributed by atoms with Crippen LogP contribution in [0.2, 0.25) is 0 Å². The SMILES string of the molecule is O=C(CCc1nnc(-c2ccsc2)o1)N1CCCN(c2ccccc2)CC1. The van der Waals surface area contributed by atoms with Crippen LogP contribution in [0.25, 0.3) is 11.5 Å². The minimum absolute atomic E-state index is 0.153. The lowest BCUT2D eigenvalue weighted by Gasteiger charge is -2.23. The van der Waals surface area contributed by atoms with Crippen molar-refractivity contribution in [3.05, 3.63) is 53.0 Å². The van der Waals surface area contributed by atoms with Crippen molar-refractivity contribution in [2.24, 2.45) is 0 Å². The summed E-state index contributed by atoms with van der Waals surface area (Å²) in [7, 11) is 0. The summed E-state index contributed by atoms with van der Waals surface area (Å²) in [5.74, 6) is 1.19. The Morgan fingerprint density at radius 2 is 1.96 bits per heavy atom. The molecule has 0 spiro atoms. The monoisotopic (exact) mass is 382 g/mol. The Labute approximate surface area is 162 Å². The molecule has 6 nitrogen and oxygen atoms in total. The third kappa shape index (κ3) is 4.36. The predicted octanol–water partition coefficient (Wildman–Crippen LogP) is 3.47. The Kier molecular flexibility index (Phi) is 5.48. The summed E-state index contributed by atoms with van der Waals surface area (Å²) < 4.78 is 5.67. The molecule has 7 heteroatoms. The number of carbonyl (C=O) groups excluding carboxylic acids is 1. The number of benzene rings is 1. The topological polar surface area (TPSA) is 62.5 Å². The Bertz CT molecular complexity index is 863. The van der Waals surface area contributed by atoms with Crippen molar-refractivity contribution in [1.82, 2.24) is 15.1 Å². The van der Waals surface area contributed by atoms with Crippen molar-refractivity contribution >= 4 is 22.9 Å². The molecule has 0 aliphatic carbocycles. The van der Waals surface area contributed by atoms with Crippen LogP contribution in [0.3, 0.4) is 0 Å². The molecule has 1 amide bonds. The molecule has 1 aromatic carbocycles. The smallest absolute Gasteiger partial charge is 0.248 e. The zero-order valence-corrected chi connectivity index (χ0v) is 15.9. The van der Waals surface area contributed by atoms with Crippen LogP contribution >= 0.6 is 11.3 Å². The van der Waals surface area contributed by atoms with Crippen LogP contribution in [-0.4, -0.2) is 47.2 Å². The van der Waals surface area contributed by atoms with Gasteiger partial charge in [-0.2, -0.15) is 11.3 Å². The summed E-state index contributed by atoms with van der Waals surface area (Å²) >= 11 is 1.59. The Hall–Kier alpha value is -2.67. The minimum Gasteiger partial charge on any atom is -0.421 e. The second kappa shape index (κ2) is 8.35. The molecule has 1 aliphatic heterocycles. The second-order valence-corrected chi connectivity index (χ2v) is 7.35. The van der Waals surface area contributed by atoms with Gasteiger partial charge in [-0.15, -0.1) is 10.2 Å². The largest absolute Gasteiger partial charge is 0.421 e. The third-order valence-electron chi connectivity index (χ3n) is 4.76. The number of carbonyl (C=O) groups is 1. The van der Waals surface area contributed by atoms with E-state index < -0.39 is 0 Å². The molecule has 0 saturated carbocycles. The van der Waals surface area contributed by atoms with E-state index in [0.29, 0.717) is 24.6 Å². The van der Waals surface area contributed by atoms with Gasteiger partial charge in [-0.25, -0.2) is 0 Å². The molecule has 27 heavy (non-hydrogen) atoms. The number of thiophene rings is 1. The van der Waals surface area contributed by atoms with E-state index >= 15 is 0 Å². The molecule has 0 radical (unpaired) electrons. The van der Waals surface area contributed by atoms with Crippen LogP contribution in [-0.2, 0) is 11.2 Å². The first-order valence-electron chi connectivity index (χ1n) is 9.22. The maximum atomic E-state index is 12.6. The number of hydrogen-bond donors (Lipinski definition) is 0. The van der Waals surface area contributed by atoms with Crippen LogP contribution in [0.15, 0.2) is 51.6 Å². The van der Waals surface area contributed by atoms with Crippen LogP contribution in [0, 0.1) is 0 Å². The fourth-order valence-electron chi connectivity index (χ4n) is 3.29. The summed E-state index contributed by atoms with van der Waals surface area (Å²) in [5, 5.41) is 12.1. The van der Waals surface area contributed by atoms with E-state index in [1.54, 1.807) is 11.3 Å². The molecule has 4 rings (SSSR count). The highest BCUT2D eigenvalue weighted by Crippen LogP contribution is 2.21. The van der Waals surface area contributed by atoms with Gasteiger partial charge in [0.2, 0.25) is 17.7 Å². The maximum Gasteiger partial charge on any atom is 0.248 e. The Morgan fingerprint density at radius 1 is 1.07 bits per heavy atom. The second-order valence-electron chi connectivity index (χ2n) is 6.57. The Morgan fingerprint density at radius 3 is 2.78 bits per heavy atom. The molecule has 140 valence electrons. The van der Waals surface area contributed by atoms with Gasteiger partial charge in [-0.3, -0.25) is 4.79 Å². The number of amides is 1. The summed E-state index contributed by atoms with van der Waals surface area (Å²) in [5.41, 5.74) is 2.15. The molecule has 0 unspecified atom stereocenters. The van der Waals surface area contributed by atoms with Crippen LogP contribution in [0.5, 0.6) is 0 Å². The molecule has 0 N–H and O–H groups in total. The number of anilines is 1. The molecule has 0 atom stereocenters. The van der Waals surface area contributed by atoms with E-state index in [0.717, 1.165) is 38.2 Å². The third-order valence-corrected chi connectivity index (χ3v) is 5.44. The highest BCUT2D eigenvalue weighted by molar-refractivity contribution is 7.08. The normalized spacial score (nSPS) is 15.0. The summed E-state index contributed by atoms with van der Waals surface area (Å²) in [6.07, 6.45) is 1.86. The maximum absolute atomic E-state index is 12.6. The Balaban J connectivity index is 1.30.